The van der Waals surface area contributed by atoms with Crippen molar-refractivity contribution in [3.8, 4) is 0 Å². The van der Waals surface area contributed by atoms with Gasteiger partial charge in [-0.1, -0.05) is 6.92 Å². The van der Waals surface area contributed by atoms with Crippen LogP contribution in [0.5, 0.6) is 0 Å². The van der Waals surface area contributed by atoms with Gasteiger partial charge in [0.05, 0.1) is 19.0 Å². The second-order valence-corrected chi connectivity index (χ2v) is 3.51. The number of nitro groups is 1. The van der Waals surface area contributed by atoms with E-state index in [0.29, 0.717) is 25.4 Å². The quantitative estimate of drug-likeness (QED) is 0.574. The Morgan fingerprint density at radius 3 is 2.76 bits per heavy atom. The largest absolute Gasteiger partial charge is 0.481 e. The van der Waals surface area contributed by atoms with Gasteiger partial charge in [0.25, 0.3) is 0 Å². The molecule has 0 unspecified atom stereocenters. The molecule has 7 heteroatoms. The molecule has 0 saturated carbocycles. The molecule has 1 N–H and O–H groups in total. The van der Waals surface area contributed by atoms with E-state index in [9.17, 15) is 14.9 Å². The maximum absolute atomic E-state index is 10.4. The molecular weight excluding hydrogens is 228 g/mol. The first kappa shape index (κ1) is 13.2. The number of nitrogens with zero attached hydrogens (tertiary/aromatic N) is 2. The van der Waals surface area contributed by atoms with Crippen molar-refractivity contribution >= 4 is 11.9 Å². The summed E-state index contributed by atoms with van der Waals surface area (Å²) in [5, 5.41) is 19.0. The maximum atomic E-state index is 10.4. The molecule has 1 rings (SSSR count). The van der Waals surface area contributed by atoms with Crippen LogP contribution in [0.2, 0.25) is 0 Å². The van der Waals surface area contributed by atoms with E-state index < -0.39 is 10.9 Å². The predicted molar refractivity (Wildman–Crippen MR) is 58.6 cm³/mol. The summed E-state index contributed by atoms with van der Waals surface area (Å²) >= 11 is 0. The zero-order valence-corrected chi connectivity index (χ0v) is 9.46. The Bertz CT molecular complexity index is 401. The lowest BCUT2D eigenvalue weighted by molar-refractivity contribution is -0.402. The number of carboxylic acid groups (broad SMARTS) is 1. The first-order valence-corrected chi connectivity index (χ1v) is 5.20. The molecule has 0 fully saturated rings. The SMILES string of the molecule is CCN(CCC(=O)O)Cc1ccc([N+](=O)[O-])o1. The van der Waals surface area contributed by atoms with Gasteiger partial charge in [-0.25, -0.2) is 0 Å². The minimum atomic E-state index is -0.867. The third kappa shape index (κ3) is 4.23. The van der Waals surface area contributed by atoms with Crippen LogP contribution in [-0.4, -0.2) is 34.0 Å². The van der Waals surface area contributed by atoms with Gasteiger partial charge < -0.3 is 9.52 Å². The first-order valence-electron chi connectivity index (χ1n) is 5.20. The van der Waals surface area contributed by atoms with Crippen molar-refractivity contribution in [2.24, 2.45) is 0 Å². The van der Waals surface area contributed by atoms with E-state index in [1.165, 1.54) is 12.1 Å². The molecule has 94 valence electrons. The monoisotopic (exact) mass is 242 g/mol. The first-order chi connectivity index (χ1) is 8.02. The molecule has 0 aromatic carbocycles. The average molecular weight is 242 g/mol. The summed E-state index contributed by atoms with van der Waals surface area (Å²) in [5.74, 6) is -0.702. The van der Waals surface area contributed by atoms with Crippen molar-refractivity contribution in [2.75, 3.05) is 13.1 Å². The minimum Gasteiger partial charge on any atom is -0.481 e. The molecule has 0 radical (unpaired) electrons. The smallest absolute Gasteiger partial charge is 0.433 e. The van der Waals surface area contributed by atoms with Gasteiger partial charge in [-0.3, -0.25) is 19.8 Å². The molecule has 7 nitrogen and oxygen atoms in total. The van der Waals surface area contributed by atoms with Crippen LogP contribution < -0.4 is 0 Å². The fourth-order valence-corrected chi connectivity index (χ4v) is 1.37. The van der Waals surface area contributed by atoms with Crippen LogP contribution in [0.25, 0.3) is 0 Å². The summed E-state index contributed by atoms with van der Waals surface area (Å²) in [6.45, 7) is 3.30. The van der Waals surface area contributed by atoms with Crippen molar-refractivity contribution in [3.63, 3.8) is 0 Å². The number of hydrogen-bond acceptors (Lipinski definition) is 5. The second-order valence-electron chi connectivity index (χ2n) is 3.51. The van der Waals surface area contributed by atoms with Crippen LogP contribution in [0.15, 0.2) is 16.5 Å². The Morgan fingerprint density at radius 1 is 1.59 bits per heavy atom. The van der Waals surface area contributed by atoms with Gasteiger partial charge in [-0.2, -0.15) is 0 Å². The highest BCUT2D eigenvalue weighted by molar-refractivity contribution is 5.66. The van der Waals surface area contributed by atoms with Crippen LogP contribution in [0.3, 0.4) is 0 Å². The minimum absolute atomic E-state index is 0.0383. The number of carboxylic acids is 1. The van der Waals surface area contributed by atoms with Crippen LogP contribution in [0, 0.1) is 10.1 Å². The summed E-state index contributed by atoms with van der Waals surface area (Å²) in [5.41, 5.74) is 0. The Labute approximate surface area is 97.8 Å². The van der Waals surface area contributed by atoms with Crippen molar-refractivity contribution in [1.82, 2.24) is 4.90 Å². The molecule has 0 aliphatic rings. The standard InChI is InChI=1S/C10H14N2O5/c1-2-11(6-5-10(13)14)7-8-3-4-9(17-8)12(15)16/h3-4H,2,5-7H2,1H3,(H,13,14). The molecule has 17 heavy (non-hydrogen) atoms. The van der Waals surface area contributed by atoms with Crippen molar-refractivity contribution in [2.45, 2.75) is 19.9 Å². The zero-order valence-electron chi connectivity index (χ0n) is 9.46. The lowest BCUT2D eigenvalue weighted by Gasteiger charge is -2.17. The van der Waals surface area contributed by atoms with E-state index in [1.54, 1.807) is 0 Å². The van der Waals surface area contributed by atoms with E-state index >= 15 is 0 Å². The van der Waals surface area contributed by atoms with Crippen LogP contribution >= 0.6 is 0 Å². The molecule has 1 aromatic heterocycles. The van der Waals surface area contributed by atoms with Gasteiger partial charge in [-0.15, -0.1) is 0 Å². The maximum Gasteiger partial charge on any atom is 0.433 e. The Balaban J connectivity index is 2.54. The molecule has 0 aliphatic carbocycles. The lowest BCUT2D eigenvalue weighted by Crippen LogP contribution is -2.25. The number of rotatable bonds is 7. The van der Waals surface area contributed by atoms with E-state index in [1.807, 2.05) is 11.8 Å². The average Bonchev–Trinajstić information content (AvgIpc) is 2.72. The van der Waals surface area contributed by atoms with E-state index in [2.05, 4.69) is 0 Å². The number of carbonyl (C=O) groups is 1. The molecule has 1 heterocycles. The van der Waals surface area contributed by atoms with Crippen molar-refractivity contribution in [3.05, 3.63) is 28.0 Å². The van der Waals surface area contributed by atoms with E-state index in [4.69, 9.17) is 9.52 Å². The zero-order chi connectivity index (χ0) is 12.8. The summed E-state index contributed by atoms with van der Waals surface area (Å²) < 4.78 is 5.00. The summed E-state index contributed by atoms with van der Waals surface area (Å²) in [6.07, 6.45) is 0.0383. The fourth-order valence-electron chi connectivity index (χ4n) is 1.37. The predicted octanol–water partition coefficient (Wildman–Crippen LogP) is 1.48. The van der Waals surface area contributed by atoms with Gasteiger partial charge in [0, 0.05) is 6.54 Å². The number of furan rings is 1. The normalized spacial score (nSPS) is 10.7. The van der Waals surface area contributed by atoms with Gasteiger partial charge in [0.2, 0.25) is 0 Å². The van der Waals surface area contributed by atoms with Crippen LogP contribution in [0.1, 0.15) is 19.1 Å². The van der Waals surface area contributed by atoms with Crippen LogP contribution in [-0.2, 0) is 11.3 Å². The molecule has 0 aliphatic heterocycles. The van der Waals surface area contributed by atoms with E-state index in [-0.39, 0.29) is 12.3 Å². The third-order valence-electron chi connectivity index (χ3n) is 2.30. The highest BCUT2D eigenvalue weighted by atomic mass is 16.6. The summed E-state index contributed by atoms with van der Waals surface area (Å²) in [4.78, 5) is 22.1. The highest BCUT2D eigenvalue weighted by Crippen LogP contribution is 2.17. The number of hydrogen-bond donors (Lipinski definition) is 1. The fraction of sp³-hybridized carbons (Fsp3) is 0.500. The highest BCUT2D eigenvalue weighted by Gasteiger charge is 2.14. The Kier molecular flexibility index (Phi) is 4.65. The van der Waals surface area contributed by atoms with Gasteiger partial charge in [0.1, 0.15) is 10.7 Å². The molecule has 0 atom stereocenters. The molecule has 0 bridgehead atoms. The van der Waals surface area contributed by atoms with Gasteiger partial charge >= 0.3 is 11.9 Å². The molecule has 0 saturated heterocycles. The summed E-state index contributed by atoms with van der Waals surface area (Å²) in [7, 11) is 0. The van der Waals surface area contributed by atoms with Gasteiger partial charge in [-0.05, 0) is 12.6 Å². The van der Waals surface area contributed by atoms with Gasteiger partial charge in [0.15, 0.2) is 0 Å². The second kappa shape index (κ2) is 6.00. The topological polar surface area (TPSA) is 96.8 Å². The molecule has 0 amide bonds. The Hall–Kier alpha value is -1.89. The van der Waals surface area contributed by atoms with Crippen molar-refractivity contribution < 1.29 is 19.2 Å². The lowest BCUT2D eigenvalue weighted by atomic mass is 10.3. The van der Waals surface area contributed by atoms with Crippen LogP contribution in [0.4, 0.5) is 5.88 Å². The summed E-state index contributed by atoms with van der Waals surface area (Å²) in [6, 6.07) is 2.82. The Morgan fingerprint density at radius 2 is 2.29 bits per heavy atom. The molecule has 1 aromatic rings. The third-order valence-corrected chi connectivity index (χ3v) is 2.30. The van der Waals surface area contributed by atoms with E-state index in [0.717, 1.165) is 0 Å². The molecular formula is C10H14N2O5. The molecule has 0 spiro atoms. The number of aliphatic carboxylic acids is 1. The van der Waals surface area contributed by atoms with Crippen molar-refractivity contribution in [1.29, 1.82) is 0 Å².